The molecular formula is C15H22N2O5S. The summed E-state index contributed by atoms with van der Waals surface area (Å²) in [5, 5.41) is 2.55. The van der Waals surface area contributed by atoms with E-state index in [0.717, 1.165) is 7.11 Å². The first-order valence-corrected chi connectivity index (χ1v) is 8.50. The van der Waals surface area contributed by atoms with Gasteiger partial charge < -0.3 is 10.1 Å². The number of methoxy groups -OCH3 is 1. The molecule has 0 fully saturated rings. The molecule has 128 valence electrons. The largest absolute Gasteiger partial charge is 0.468 e. The molecule has 0 heterocycles. The van der Waals surface area contributed by atoms with Crippen LogP contribution in [0.5, 0.6) is 0 Å². The maximum absolute atomic E-state index is 12.3. The second kappa shape index (κ2) is 7.56. The molecule has 0 bridgehead atoms. The van der Waals surface area contributed by atoms with E-state index >= 15 is 0 Å². The fourth-order valence-corrected chi connectivity index (χ4v) is 2.84. The Kier molecular flexibility index (Phi) is 6.28. The minimum atomic E-state index is -3.90. The number of ether oxygens (including phenoxy) is 1. The van der Waals surface area contributed by atoms with Crippen LogP contribution in [0.25, 0.3) is 0 Å². The Balaban J connectivity index is 2.88. The zero-order chi connectivity index (χ0) is 17.7. The Bertz CT molecular complexity index is 650. The summed E-state index contributed by atoms with van der Waals surface area (Å²) in [5.41, 5.74) is -0.654. The first kappa shape index (κ1) is 19.1. The highest BCUT2D eigenvalue weighted by Crippen LogP contribution is 2.13. The first-order valence-electron chi connectivity index (χ1n) is 7.01. The van der Waals surface area contributed by atoms with E-state index in [0.29, 0.717) is 0 Å². The summed E-state index contributed by atoms with van der Waals surface area (Å²) < 4.78 is 31.4. The predicted molar refractivity (Wildman–Crippen MR) is 85.0 cm³/mol. The maximum Gasteiger partial charge on any atom is 0.325 e. The smallest absolute Gasteiger partial charge is 0.325 e. The number of nitrogens with one attached hydrogen (secondary N) is 2. The molecule has 1 aromatic rings. The lowest BCUT2D eigenvalue weighted by atomic mass is 9.95. The molecule has 0 radical (unpaired) electrons. The Morgan fingerprint density at radius 3 is 2.22 bits per heavy atom. The Morgan fingerprint density at radius 1 is 1.17 bits per heavy atom. The average Bonchev–Trinajstić information content (AvgIpc) is 2.50. The van der Waals surface area contributed by atoms with Gasteiger partial charge in [-0.3, -0.25) is 9.59 Å². The van der Waals surface area contributed by atoms with Crippen LogP contribution in [0.3, 0.4) is 0 Å². The number of hydrogen-bond donors (Lipinski definition) is 2. The van der Waals surface area contributed by atoms with Crippen LogP contribution in [0.1, 0.15) is 20.8 Å². The summed E-state index contributed by atoms with van der Waals surface area (Å²) in [7, 11) is -2.75. The lowest BCUT2D eigenvalue weighted by Gasteiger charge is -2.21. The fraction of sp³-hybridized carbons (Fsp3) is 0.467. The summed E-state index contributed by atoms with van der Waals surface area (Å²) in [4.78, 5) is 23.7. The van der Waals surface area contributed by atoms with Crippen LogP contribution in [0.15, 0.2) is 35.2 Å². The summed E-state index contributed by atoms with van der Waals surface area (Å²) in [6, 6.07) is 6.43. The number of carbonyl (C=O) groups is 2. The van der Waals surface area contributed by atoms with Gasteiger partial charge in [-0.25, -0.2) is 8.42 Å². The molecule has 2 N–H and O–H groups in total. The van der Waals surface area contributed by atoms with Gasteiger partial charge in [0.05, 0.1) is 12.0 Å². The molecule has 0 aliphatic heterocycles. The van der Waals surface area contributed by atoms with Crippen molar-refractivity contribution in [2.45, 2.75) is 31.7 Å². The number of rotatable bonds is 6. The zero-order valence-corrected chi connectivity index (χ0v) is 14.4. The van der Waals surface area contributed by atoms with Crippen LogP contribution < -0.4 is 10.0 Å². The third-order valence-electron chi connectivity index (χ3n) is 2.98. The van der Waals surface area contributed by atoms with Crippen molar-refractivity contribution >= 4 is 21.9 Å². The number of sulfonamides is 1. The van der Waals surface area contributed by atoms with Crippen LogP contribution in [0, 0.1) is 5.41 Å². The monoisotopic (exact) mass is 342 g/mol. The van der Waals surface area contributed by atoms with Crippen LogP contribution in [0.2, 0.25) is 0 Å². The van der Waals surface area contributed by atoms with Gasteiger partial charge in [0.2, 0.25) is 15.9 Å². The molecule has 23 heavy (non-hydrogen) atoms. The second-order valence-electron chi connectivity index (χ2n) is 5.97. The maximum atomic E-state index is 12.3. The highest BCUT2D eigenvalue weighted by molar-refractivity contribution is 7.89. The summed E-state index contributed by atoms with van der Waals surface area (Å²) >= 11 is 0. The SMILES string of the molecule is COC(=O)[C@H](CNC(=O)C(C)(C)C)NS(=O)(=O)c1ccccc1. The average molecular weight is 342 g/mol. The fourth-order valence-electron chi connectivity index (χ4n) is 1.63. The van der Waals surface area contributed by atoms with Crippen LogP contribution >= 0.6 is 0 Å². The van der Waals surface area contributed by atoms with Gasteiger partial charge in [0, 0.05) is 12.0 Å². The van der Waals surface area contributed by atoms with Gasteiger partial charge in [-0.1, -0.05) is 39.0 Å². The summed E-state index contributed by atoms with van der Waals surface area (Å²) in [6.45, 7) is 4.94. The van der Waals surface area contributed by atoms with Crippen LogP contribution in [-0.2, 0) is 24.3 Å². The van der Waals surface area contributed by atoms with Gasteiger partial charge in [-0.15, -0.1) is 0 Å². The van der Waals surface area contributed by atoms with E-state index in [1.54, 1.807) is 39.0 Å². The molecule has 7 nitrogen and oxygen atoms in total. The van der Waals surface area contributed by atoms with Crippen molar-refractivity contribution in [1.29, 1.82) is 0 Å². The van der Waals surface area contributed by atoms with E-state index in [9.17, 15) is 18.0 Å². The van der Waals surface area contributed by atoms with Crippen molar-refractivity contribution in [3.63, 3.8) is 0 Å². The van der Waals surface area contributed by atoms with Gasteiger partial charge >= 0.3 is 5.97 Å². The van der Waals surface area contributed by atoms with Gasteiger partial charge in [0.15, 0.2) is 0 Å². The van der Waals surface area contributed by atoms with Gasteiger partial charge in [-0.2, -0.15) is 4.72 Å². The molecule has 0 aliphatic rings. The van der Waals surface area contributed by atoms with E-state index in [1.165, 1.54) is 12.1 Å². The van der Waals surface area contributed by atoms with E-state index in [2.05, 4.69) is 14.8 Å². The second-order valence-corrected chi connectivity index (χ2v) is 7.68. The number of benzene rings is 1. The molecule has 0 saturated heterocycles. The number of amides is 1. The van der Waals surface area contributed by atoms with E-state index < -0.39 is 27.4 Å². The van der Waals surface area contributed by atoms with Gasteiger partial charge in [0.25, 0.3) is 0 Å². The van der Waals surface area contributed by atoms with E-state index in [1.807, 2.05) is 0 Å². The quantitative estimate of drug-likeness (QED) is 0.740. The van der Waals surface area contributed by atoms with Crippen molar-refractivity contribution in [3.05, 3.63) is 30.3 Å². The molecule has 0 aliphatic carbocycles. The van der Waals surface area contributed by atoms with Crippen molar-refractivity contribution < 1.29 is 22.7 Å². The predicted octanol–water partition coefficient (Wildman–Crippen LogP) is 0.669. The third kappa shape index (κ3) is 5.65. The minimum absolute atomic E-state index is 0.0241. The molecule has 0 aromatic heterocycles. The van der Waals surface area contributed by atoms with Gasteiger partial charge in [0.1, 0.15) is 6.04 Å². The molecule has 1 aromatic carbocycles. The molecular weight excluding hydrogens is 320 g/mol. The highest BCUT2D eigenvalue weighted by atomic mass is 32.2. The molecule has 1 atom stereocenters. The summed E-state index contributed by atoms with van der Waals surface area (Å²) in [6.07, 6.45) is 0. The topological polar surface area (TPSA) is 102 Å². The summed E-state index contributed by atoms with van der Waals surface area (Å²) in [5.74, 6) is -1.08. The number of hydrogen-bond acceptors (Lipinski definition) is 5. The lowest BCUT2D eigenvalue weighted by molar-refractivity contribution is -0.142. The molecule has 1 amide bonds. The van der Waals surface area contributed by atoms with Crippen LogP contribution in [-0.4, -0.2) is 40.0 Å². The first-order chi connectivity index (χ1) is 10.6. The van der Waals surface area contributed by atoms with E-state index in [-0.39, 0.29) is 17.3 Å². The molecule has 0 spiro atoms. The molecule has 0 unspecified atom stereocenters. The number of esters is 1. The van der Waals surface area contributed by atoms with Crippen molar-refractivity contribution in [3.8, 4) is 0 Å². The van der Waals surface area contributed by atoms with Crippen molar-refractivity contribution in [2.24, 2.45) is 5.41 Å². The molecule has 1 rings (SSSR count). The third-order valence-corrected chi connectivity index (χ3v) is 4.47. The molecule has 0 saturated carbocycles. The lowest BCUT2D eigenvalue weighted by Crippen LogP contribution is -2.50. The van der Waals surface area contributed by atoms with Crippen molar-refractivity contribution in [1.82, 2.24) is 10.0 Å². The zero-order valence-electron chi connectivity index (χ0n) is 13.6. The highest BCUT2D eigenvalue weighted by Gasteiger charge is 2.28. The standard InChI is InChI=1S/C15H22N2O5S/c1-15(2,3)14(19)16-10-12(13(18)22-4)17-23(20,21)11-8-6-5-7-9-11/h5-9,12,17H,10H2,1-4H3,(H,16,19)/t12-/m0/s1. The minimum Gasteiger partial charge on any atom is -0.468 e. The van der Waals surface area contributed by atoms with E-state index in [4.69, 9.17) is 0 Å². The Morgan fingerprint density at radius 2 is 1.74 bits per heavy atom. The Labute approximate surface area is 136 Å². The molecule has 8 heteroatoms. The Hall–Kier alpha value is -1.93. The normalized spacial score (nSPS) is 13.2. The van der Waals surface area contributed by atoms with Crippen molar-refractivity contribution in [2.75, 3.05) is 13.7 Å². The van der Waals surface area contributed by atoms with Crippen LogP contribution in [0.4, 0.5) is 0 Å². The van der Waals surface area contributed by atoms with Gasteiger partial charge in [-0.05, 0) is 12.1 Å². The number of carbonyl (C=O) groups excluding carboxylic acids is 2.